The van der Waals surface area contributed by atoms with E-state index in [1.807, 2.05) is 19.2 Å². The third-order valence-corrected chi connectivity index (χ3v) is 5.32. The summed E-state index contributed by atoms with van der Waals surface area (Å²) in [5, 5.41) is 0. The van der Waals surface area contributed by atoms with Crippen LogP contribution in [-0.2, 0) is 14.6 Å². The molecule has 1 atom stereocenters. The first-order valence-electron chi connectivity index (χ1n) is 6.64. The highest BCUT2D eigenvalue weighted by molar-refractivity contribution is 7.91. The summed E-state index contributed by atoms with van der Waals surface area (Å²) in [6.07, 6.45) is 1.10. The second kappa shape index (κ2) is 5.92. The zero-order valence-corrected chi connectivity index (χ0v) is 12.3. The molecule has 0 radical (unpaired) electrons. The summed E-state index contributed by atoms with van der Waals surface area (Å²) in [5.41, 5.74) is 1.04. The predicted molar refractivity (Wildman–Crippen MR) is 76.4 cm³/mol. The largest absolute Gasteiger partial charge is 0.381 e. The molecule has 0 spiro atoms. The SMILES string of the molecule is CCS(=O)(=O)c1ccc(N(C)CC2CCOC2)cc1. The molecule has 1 saturated heterocycles. The molecule has 1 aliphatic rings. The molecule has 0 amide bonds. The number of rotatable bonds is 5. The lowest BCUT2D eigenvalue weighted by Gasteiger charge is -2.22. The Labute approximate surface area is 115 Å². The molecular formula is C14H21NO3S. The lowest BCUT2D eigenvalue weighted by Crippen LogP contribution is -2.25. The summed E-state index contributed by atoms with van der Waals surface area (Å²) in [6.45, 7) is 4.29. The minimum Gasteiger partial charge on any atom is -0.381 e. The van der Waals surface area contributed by atoms with Crippen LogP contribution in [0.15, 0.2) is 29.2 Å². The Kier molecular flexibility index (Phi) is 4.47. The van der Waals surface area contributed by atoms with Gasteiger partial charge in [0, 0.05) is 31.8 Å². The van der Waals surface area contributed by atoms with Crippen molar-refractivity contribution in [3.05, 3.63) is 24.3 Å². The van der Waals surface area contributed by atoms with Crippen LogP contribution in [0.2, 0.25) is 0 Å². The summed E-state index contributed by atoms with van der Waals surface area (Å²) in [4.78, 5) is 2.55. The van der Waals surface area contributed by atoms with E-state index in [-0.39, 0.29) is 5.75 Å². The molecule has 1 aromatic rings. The van der Waals surface area contributed by atoms with Gasteiger partial charge in [-0.3, -0.25) is 0 Å². The van der Waals surface area contributed by atoms with Crippen molar-refractivity contribution in [2.75, 3.05) is 37.5 Å². The van der Waals surface area contributed by atoms with E-state index in [9.17, 15) is 8.42 Å². The number of nitrogens with zero attached hydrogens (tertiary/aromatic N) is 1. The Morgan fingerprint density at radius 2 is 2.00 bits per heavy atom. The number of benzene rings is 1. The minimum atomic E-state index is -3.10. The van der Waals surface area contributed by atoms with Crippen molar-refractivity contribution in [3.63, 3.8) is 0 Å². The molecule has 0 aromatic heterocycles. The maximum absolute atomic E-state index is 11.7. The van der Waals surface area contributed by atoms with Gasteiger partial charge in [0.15, 0.2) is 9.84 Å². The summed E-state index contributed by atoms with van der Waals surface area (Å²) >= 11 is 0. The van der Waals surface area contributed by atoms with Crippen LogP contribution < -0.4 is 4.90 Å². The van der Waals surface area contributed by atoms with E-state index in [1.165, 1.54) is 0 Å². The van der Waals surface area contributed by atoms with Crippen molar-refractivity contribution in [1.82, 2.24) is 0 Å². The van der Waals surface area contributed by atoms with Crippen molar-refractivity contribution in [2.24, 2.45) is 5.92 Å². The van der Waals surface area contributed by atoms with E-state index in [2.05, 4.69) is 4.90 Å². The van der Waals surface area contributed by atoms with E-state index in [4.69, 9.17) is 4.74 Å². The molecule has 0 bridgehead atoms. The number of hydrogen-bond acceptors (Lipinski definition) is 4. The smallest absolute Gasteiger partial charge is 0.178 e. The highest BCUT2D eigenvalue weighted by Gasteiger charge is 2.18. The van der Waals surface area contributed by atoms with Gasteiger partial charge in [-0.2, -0.15) is 0 Å². The van der Waals surface area contributed by atoms with Crippen molar-refractivity contribution < 1.29 is 13.2 Å². The zero-order chi connectivity index (χ0) is 13.9. The monoisotopic (exact) mass is 283 g/mol. The number of hydrogen-bond donors (Lipinski definition) is 0. The summed E-state index contributed by atoms with van der Waals surface area (Å²) in [7, 11) is -1.07. The Hall–Kier alpha value is -1.07. The molecule has 2 rings (SSSR count). The molecule has 1 aliphatic heterocycles. The van der Waals surface area contributed by atoms with Gasteiger partial charge in [-0.15, -0.1) is 0 Å². The first-order chi connectivity index (χ1) is 9.03. The van der Waals surface area contributed by atoms with Gasteiger partial charge in [-0.1, -0.05) is 6.92 Å². The number of sulfone groups is 1. The highest BCUT2D eigenvalue weighted by Crippen LogP contribution is 2.21. The highest BCUT2D eigenvalue weighted by atomic mass is 32.2. The molecule has 1 heterocycles. The topological polar surface area (TPSA) is 46.6 Å². The first-order valence-corrected chi connectivity index (χ1v) is 8.30. The molecule has 1 unspecified atom stereocenters. The molecule has 106 valence electrons. The molecule has 19 heavy (non-hydrogen) atoms. The van der Waals surface area contributed by atoms with Gasteiger partial charge in [0.25, 0.3) is 0 Å². The fourth-order valence-corrected chi connectivity index (χ4v) is 3.18. The van der Waals surface area contributed by atoms with Crippen LogP contribution in [0.3, 0.4) is 0 Å². The van der Waals surface area contributed by atoms with Gasteiger partial charge in [-0.25, -0.2) is 8.42 Å². The zero-order valence-electron chi connectivity index (χ0n) is 11.5. The molecule has 1 fully saturated rings. The predicted octanol–water partition coefficient (Wildman–Crippen LogP) is 1.95. The second-order valence-electron chi connectivity index (χ2n) is 5.01. The van der Waals surface area contributed by atoms with Crippen LogP contribution in [0.1, 0.15) is 13.3 Å². The molecule has 0 aliphatic carbocycles. The molecule has 0 N–H and O–H groups in total. The minimum absolute atomic E-state index is 0.140. The molecule has 1 aromatic carbocycles. The lowest BCUT2D eigenvalue weighted by molar-refractivity contribution is 0.186. The van der Waals surface area contributed by atoms with E-state index < -0.39 is 9.84 Å². The number of ether oxygens (including phenoxy) is 1. The van der Waals surface area contributed by atoms with Crippen LogP contribution in [0.25, 0.3) is 0 Å². The van der Waals surface area contributed by atoms with Gasteiger partial charge < -0.3 is 9.64 Å². The fraction of sp³-hybridized carbons (Fsp3) is 0.571. The van der Waals surface area contributed by atoms with E-state index in [1.54, 1.807) is 19.1 Å². The second-order valence-corrected chi connectivity index (χ2v) is 7.29. The lowest BCUT2D eigenvalue weighted by atomic mass is 10.1. The van der Waals surface area contributed by atoms with E-state index in [0.29, 0.717) is 10.8 Å². The van der Waals surface area contributed by atoms with Gasteiger partial charge >= 0.3 is 0 Å². The van der Waals surface area contributed by atoms with Crippen molar-refractivity contribution >= 4 is 15.5 Å². The van der Waals surface area contributed by atoms with Crippen molar-refractivity contribution in [1.29, 1.82) is 0 Å². The quantitative estimate of drug-likeness (QED) is 0.828. The van der Waals surface area contributed by atoms with Crippen LogP contribution in [0.5, 0.6) is 0 Å². The van der Waals surface area contributed by atoms with Gasteiger partial charge in [0.2, 0.25) is 0 Å². The normalized spacial score (nSPS) is 19.6. The summed E-state index contributed by atoms with van der Waals surface area (Å²) in [5.74, 6) is 0.714. The standard InChI is InChI=1S/C14H21NO3S/c1-3-19(16,17)14-6-4-13(5-7-14)15(2)10-12-8-9-18-11-12/h4-7,12H,3,8-11H2,1-2H3. The van der Waals surface area contributed by atoms with Gasteiger partial charge in [-0.05, 0) is 30.7 Å². The van der Waals surface area contributed by atoms with Crippen LogP contribution in [0, 0.1) is 5.92 Å². The molecule has 0 saturated carbocycles. The Balaban J connectivity index is 2.05. The maximum atomic E-state index is 11.7. The average Bonchev–Trinajstić information content (AvgIpc) is 2.91. The van der Waals surface area contributed by atoms with E-state index in [0.717, 1.165) is 31.9 Å². The average molecular weight is 283 g/mol. The summed E-state index contributed by atoms with van der Waals surface area (Å²) in [6, 6.07) is 7.13. The van der Waals surface area contributed by atoms with Crippen LogP contribution in [-0.4, -0.2) is 41.0 Å². The van der Waals surface area contributed by atoms with E-state index >= 15 is 0 Å². The van der Waals surface area contributed by atoms with Gasteiger partial charge in [0.1, 0.15) is 0 Å². The molecule has 5 heteroatoms. The third kappa shape index (κ3) is 3.48. The fourth-order valence-electron chi connectivity index (χ4n) is 2.29. The van der Waals surface area contributed by atoms with Crippen LogP contribution in [0.4, 0.5) is 5.69 Å². The third-order valence-electron chi connectivity index (χ3n) is 3.57. The molecular weight excluding hydrogens is 262 g/mol. The summed E-state index contributed by atoms with van der Waals surface area (Å²) < 4.78 is 28.8. The van der Waals surface area contributed by atoms with Gasteiger partial charge in [0.05, 0.1) is 17.3 Å². The first kappa shape index (κ1) is 14.3. The Morgan fingerprint density at radius 3 is 2.53 bits per heavy atom. The molecule has 4 nitrogen and oxygen atoms in total. The maximum Gasteiger partial charge on any atom is 0.178 e. The Bertz CT molecular complexity index is 504. The van der Waals surface area contributed by atoms with Crippen LogP contribution >= 0.6 is 0 Å². The Morgan fingerprint density at radius 1 is 1.32 bits per heavy atom. The number of anilines is 1. The van der Waals surface area contributed by atoms with Crippen molar-refractivity contribution in [2.45, 2.75) is 18.2 Å². The van der Waals surface area contributed by atoms with Crippen molar-refractivity contribution in [3.8, 4) is 0 Å².